The van der Waals surface area contributed by atoms with E-state index in [1.807, 2.05) is 42.2 Å². The molecule has 0 aromatic heterocycles. The predicted octanol–water partition coefficient (Wildman–Crippen LogP) is 3.44. The van der Waals surface area contributed by atoms with Crippen LogP contribution in [-0.4, -0.2) is 23.9 Å². The highest BCUT2D eigenvalue weighted by molar-refractivity contribution is 5.83. The lowest BCUT2D eigenvalue weighted by molar-refractivity contribution is -0.132. The first-order valence-electron chi connectivity index (χ1n) is 6.54. The van der Waals surface area contributed by atoms with E-state index in [1.54, 1.807) is 0 Å². The first-order valence-corrected chi connectivity index (χ1v) is 6.54. The van der Waals surface area contributed by atoms with Crippen LogP contribution in [0.4, 0.5) is 0 Å². The molecule has 1 atom stereocenters. The van der Waals surface area contributed by atoms with Gasteiger partial charge in [-0.25, -0.2) is 0 Å². The SMILES string of the molecule is CCCN(CCC)C(=O)C(C)c1ccccc1. The standard InChI is InChI=1S/C15H23NO/c1-4-11-16(12-5-2)15(17)13(3)14-9-7-6-8-10-14/h6-10,13H,4-5,11-12H2,1-3H3. The summed E-state index contributed by atoms with van der Waals surface area (Å²) in [4.78, 5) is 14.3. The van der Waals surface area contributed by atoms with E-state index in [9.17, 15) is 4.79 Å². The number of carbonyl (C=O) groups excluding carboxylic acids is 1. The van der Waals surface area contributed by atoms with Crippen molar-refractivity contribution in [3.8, 4) is 0 Å². The lowest BCUT2D eigenvalue weighted by Gasteiger charge is -2.25. The molecule has 0 aliphatic heterocycles. The van der Waals surface area contributed by atoms with Gasteiger partial charge in [0.25, 0.3) is 0 Å². The molecule has 1 aromatic carbocycles. The molecule has 0 fully saturated rings. The van der Waals surface area contributed by atoms with Crippen LogP contribution >= 0.6 is 0 Å². The van der Waals surface area contributed by atoms with Crippen molar-refractivity contribution >= 4 is 5.91 Å². The summed E-state index contributed by atoms with van der Waals surface area (Å²) in [5.74, 6) is 0.217. The molecular weight excluding hydrogens is 210 g/mol. The van der Waals surface area contributed by atoms with Gasteiger partial charge in [-0.2, -0.15) is 0 Å². The highest BCUT2D eigenvalue weighted by Gasteiger charge is 2.20. The first-order chi connectivity index (χ1) is 8.20. The number of nitrogens with zero attached hydrogens (tertiary/aromatic N) is 1. The summed E-state index contributed by atoms with van der Waals surface area (Å²) in [6.07, 6.45) is 2.04. The summed E-state index contributed by atoms with van der Waals surface area (Å²) in [6.45, 7) is 7.95. The van der Waals surface area contributed by atoms with Crippen LogP contribution < -0.4 is 0 Å². The van der Waals surface area contributed by atoms with Gasteiger partial charge in [0.1, 0.15) is 0 Å². The van der Waals surface area contributed by atoms with E-state index < -0.39 is 0 Å². The van der Waals surface area contributed by atoms with Crippen LogP contribution in [0.3, 0.4) is 0 Å². The quantitative estimate of drug-likeness (QED) is 0.737. The molecule has 0 saturated carbocycles. The average Bonchev–Trinajstić information content (AvgIpc) is 2.38. The maximum Gasteiger partial charge on any atom is 0.229 e. The zero-order valence-corrected chi connectivity index (χ0v) is 11.1. The topological polar surface area (TPSA) is 20.3 Å². The van der Waals surface area contributed by atoms with Crippen molar-refractivity contribution in [1.82, 2.24) is 4.90 Å². The van der Waals surface area contributed by atoms with Gasteiger partial charge >= 0.3 is 0 Å². The Morgan fingerprint density at radius 3 is 2.12 bits per heavy atom. The second-order valence-electron chi connectivity index (χ2n) is 4.46. The Hall–Kier alpha value is -1.31. The van der Waals surface area contributed by atoms with Crippen molar-refractivity contribution in [2.75, 3.05) is 13.1 Å². The number of hydrogen-bond donors (Lipinski definition) is 0. The Morgan fingerprint density at radius 1 is 1.12 bits per heavy atom. The van der Waals surface area contributed by atoms with Crippen LogP contribution in [0.5, 0.6) is 0 Å². The van der Waals surface area contributed by atoms with Gasteiger partial charge in [0.15, 0.2) is 0 Å². The summed E-state index contributed by atoms with van der Waals surface area (Å²) < 4.78 is 0. The molecule has 1 amide bonds. The minimum Gasteiger partial charge on any atom is -0.342 e. The molecule has 1 aromatic rings. The summed E-state index contributed by atoms with van der Waals surface area (Å²) in [5, 5.41) is 0. The van der Waals surface area contributed by atoms with Crippen molar-refractivity contribution in [2.45, 2.75) is 39.5 Å². The van der Waals surface area contributed by atoms with Gasteiger partial charge < -0.3 is 4.90 Å². The summed E-state index contributed by atoms with van der Waals surface area (Å²) in [6, 6.07) is 10.0. The second kappa shape index (κ2) is 7.10. The Balaban J connectivity index is 2.73. The molecule has 94 valence electrons. The van der Waals surface area contributed by atoms with Gasteiger partial charge in [0.05, 0.1) is 5.92 Å². The molecule has 2 nitrogen and oxygen atoms in total. The third-order valence-electron chi connectivity index (χ3n) is 2.97. The van der Waals surface area contributed by atoms with E-state index in [2.05, 4.69) is 13.8 Å². The molecule has 0 heterocycles. The number of carbonyl (C=O) groups is 1. The molecule has 1 unspecified atom stereocenters. The molecule has 0 N–H and O–H groups in total. The highest BCUT2D eigenvalue weighted by atomic mass is 16.2. The minimum absolute atomic E-state index is 0.0331. The Bertz CT molecular complexity index is 328. The van der Waals surface area contributed by atoms with Crippen molar-refractivity contribution in [2.24, 2.45) is 0 Å². The van der Waals surface area contributed by atoms with Crippen molar-refractivity contribution in [3.63, 3.8) is 0 Å². The average molecular weight is 233 g/mol. The Morgan fingerprint density at radius 2 is 1.65 bits per heavy atom. The number of benzene rings is 1. The fraction of sp³-hybridized carbons (Fsp3) is 0.533. The van der Waals surface area contributed by atoms with Crippen LogP contribution in [0.15, 0.2) is 30.3 Å². The maximum absolute atomic E-state index is 12.3. The van der Waals surface area contributed by atoms with E-state index in [0.717, 1.165) is 31.5 Å². The molecule has 17 heavy (non-hydrogen) atoms. The van der Waals surface area contributed by atoms with E-state index in [-0.39, 0.29) is 11.8 Å². The third kappa shape index (κ3) is 3.88. The van der Waals surface area contributed by atoms with Gasteiger partial charge in [-0.3, -0.25) is 4.79 Å². The summed E-state index contributed by atoms with van der Waals surface area (Å²) in [5.41, 5.74) is 1.11. The number of rotatable bonds is 6. The molecule has 0 bridgehead atoms. The summed E-state index contributed by atoms with van der Waals surface area (Å²) in [7, 11) is 0. The van der Waals surface area contributed by atoms with E-state index in [0.29, 0.717) is 0 Å². The largest absolute Gasteiger partial charge is 0.342 e. The number of amides is 1. The smallest absolute Gasteiger partial charge is 0.229 e. The normalized spacial score (nSPS) is 12.2. The fourth-order valence-electron chi connectivity index (χ4n) is 2.03. The molecule has 1 rings (SSSR count). The van der Waals surface area contributed by atoms with Crippen molar-refractivity contribution in [1.29, 1.82) is 0 Å². The van der Waals surface area contributed by atoms with Crippen LogP contribution in [0.1, 0.15) is 45.1 Å². The molecule has 0 aliphatic rings. The second-order valence-corrected chi connectivity index (χ2v) is 4.46. The first kappa shape index (κ1) is 13.8. The molecule has 2 heteroatoms. The van der Waals surface area contributed by atoms with Crippen LogP contribution in [0, 0.1) is 0 Å². The van der Waals surface area contributed by atoms with E-state index in [1.165, 1.54) is 0 Å². The maximum atomic E-state index is 12.3. The van der Waals surface area contributed by atoms with Crippen molar-refractivity contribution < 1.29 is 4.79 Å². The van der Waals surface area contributed by atoms with E-state index >= 15 is 0 Å². The molecule has 0 spiro atoms. The molecule has 0 aliphatic carbocycles. The highest BCUT2D eigenvalue weighted by Crippen LogP contribution is 2.17. The van der Waals surface area contributed by atoms with Crippen LogP contribution in [0.25, 0.3) is 0 Å². The molecular formula is C15H23NO. The zero-order valence-electron chi connectivity index (χ0n) is 11.1. The van der Waals surface area contributed by atoms with Crippen LogP contribution in [0.2, 0.25) is 0 Å². The van der Waals surface area contributed by atoms with Gasteiger partial charge in [-0.05, 0) is 25.3 Å². The third-order valence-corrected chi connectivity index (χ3v) is 2.97. The molecule has 0 saturated heterocycles. The molecule has 0 radical (unpaired) electrons. The lowest BCUT2D eigenvalue weighted by atomic mass is 9.99. The zero-order chi connectivity index (χ0) is 12.7. The minimum atomic E-state index is -0.0331. The lowest BCUT2D eigenvalue weighted by Crippen LogP contribution is -2.35. The number of hydrogen-bond acceptors (Lipinski definition) is 1. The van der Waals surface area contributed by atoms with Gasteiger partial charge in [-0.1, -0.05) is 44.2 Å². The van der Waals surface area contributed by atoms with Crippen LogP contribution in [-0.2, 0) is 4.79 Å². The monoisotopic (exact) mass is 233 g/mol. The van der Waals surface area contributed by atoms with E-state index in [4.69, 9.17) is 0 Å². The predicted molar refractivity (Wildman–Crippen MR) is 72.0 cm³/mol. The summed E-state index contributed by atoms with van der Waals surface area (Å²) >= 11 is 0. The van der Waals surface area contributed by atoms with Crippen molar-refractivity contribution in [3.05, 3.63) is 35.9 Å². The Labute approximate surface area is 105 Å². The Kier molecular flexibility index (Phi) is 5.75. The van der Waals surface area contributed by atoms with Gasteiger partial charge in [0, 0.05) is 13.1 Å². The fourth-order valence-corrected chi connectivity index (χ4v) is 2.03. The van der Waals surface area contributed by atoms with Gasteiger partial charge in [0.2, 0.25) is 5.91 Å². The van der Waals surface area contributed by atoms with Gasteiger partial charge in [-0.15, -0.1) is 0 Å².